The van der Waals surface area contributed by atoms with Gasteiger partial charge in [-0.25, -0.2) is 4.98 Å². The second-order valence-electron chi connectivity index (χ2n) is 3.93. The van der Waals surface area contributed by atoms with E-state index < -0.39 is 5.41 Å². The van der Waals surface area contributed by atoms with Gasteiger partial charge in [-0.05, 0) is 25.5 Å². The molecule has 0 aliphatic rings. The van der Waals surface area contributed by atoms with E-state index in [1.54, 1.807) is 12.1 Å². The lowest BCUT2D eigenvalue weighted by Crippen LogP contribution is -2.39. The maximum Gasteiger partial charge on any atom is 0.232 e. The number of pyridine rings is 1. The van der Waals surface area contributed by atoms with Crippen molar-refractivity contribution in [2.75, 3.05) is 11.9 Å². The van der Waals surface area contributed by atoms with E-state index in [0.29, 0.717) is 23.8 Å². The molecule has 5 heteroatoms. The number of hydrogen-bond donors (Lipinski definition) is 2. The number of carbonyl (C=O) groups is 1. The van der Waals surface area contributed by atoms with Gasteiger partial charge < -0.3 is 11.1 Å². The maximum absolute atomic E-state index is 11.9. The standard InChI is InChI=1S/C11H16ClN3O/c1-3-11(2,7-13)10(16)15-9-5-4-8(12)6-14-9/h4-6H,3,7,13H2,1-2H3,(H,14,15,16). The third-order valence-corrected chi connectivity index (χ3v) is 2.97. The molecular weight excluding hydrogens is 226 g/mol. The Morgan fingerprint density at radius 2 is 2.31 bits per heavy atom. The van der Waals surface area contributed by atoms with Gasteiger partial charge >= 0.3 is 0 Å². The van der Waals surface area contributed by atoms with Crippen molar-refractivity contribution in [3.63, 3.8) is 0 Å². The van der Waals surface area contributed by atoms with Crippen LogP contribution in [-0.2, 0) is 4.79 Å². The number of halogens is 1. The fraction of sp³-hybridized carbons (Fsp3) is 0.455. The zero-order valence-electron chi connectivity index (χ0n) is 9.46. The summed E-state index contributed by atoms with van der Waals surface area (Å²) >= 11 is 5.70. The van der Waals surface area contributed by atoms with Crippen LogP contribution in [0.15, 0.2) is 18.3 Å². The molecule has 1 aromatic heterocycles. The maximum atomic E-state index is 11.9. The largest absolute Gasteiger partial charge is 0.329 e. The predicted octanol–water partition coefficient (Wildman–Crippen LogP) is 2.05. The van der Waals surface area contributed by atoms with Crippen molar-refractivity contribution in [3.8, 4) is 0 Å². The van der Waals surface area contributed by atoms with E-state index >= 15 is 0 Å². The van der Waals surface area contributed by atoms with Gasteiger partial charge in [-0.2, -0.15) is 0 Å². The van der Waals surface area contributed by atoms with Crippen molar-refractivity contribution < 1.29 is 4.79 Å². The van der Waals surface area contributed by atoms with Gasteiger partial charge in [0, 0.05) is 12.7 Å². The summed E-state index contributed by atoms with van der Waals surface area (Å²) in [7, 11) is 0. The number of hydrogen-bond acceptors (Lipinski definition) is 3. The van der Waals surface area contributed by atoms with Gasteiger partial charge in [-0.1, -0.05) is 18.5 Å². The van der Waals surface area contributed by atoms with E-state index in [9.17, 15) is 4.79 Å². The van der Waals surface area contributed by atoms with E-state index in [1.807, 2.05) is 13.8 Å². The van der Waals surface area contributed by atoms with Gasteiger partial charge in [0.1, 0.15) is 5.82 Å². The highest BCUT2D eigenvalue weighted by molar-refractivity contribution is 6.30. The topological polar surface area (TPSA) is 68.0 Å². The van der Waals surface area contributed by atoms with Crippen LogP contribution < -0.4 is 11.1 Å². The summed E-state index contributed by atoms with van der Waals surface area (Å²) in [6.45, 7) is 4.07. The zero-order chi connectivity index (χ0) is 12.2. The minimum Gasteiger partial charge on any atom is -0.329 e. The van der Waals surface area contributed by atoms with Crippen LogP contribution in [0.25, 0.3) is 0 Å². The molecule has 1 unspecified atom stereocenters. The molecule has 0 spiro atoms. The van der Waals surface area contributed by atoms with E-state index in [0.717, 1.165) is 0 Å². The second-order valence-corrected chi connectivity index (χ2v) is 4.37. The van der Waals surface area contributed by atoms with Crippen molar-refractivity contribution in [1.29, 1.82) is 0 Å². The van der Waals surface area contributed by atoms with Crippen LogP contribution in [0.3, 0.4) is 0 Å². The van der Waals surface area contributed by atoms with Crippen LogP contribution in [0, 0.1) is 5.41 Å². The van der Waals surface area contributed by atoms with Crippen LogP contribution in [0.2, 0.25) is 5.02 Å². The van der Waals surface area contributed by atoms with Crippen molar-refractivity contribution in [1.82, 2.24) is 4.98 Å². The monoisotopic (exact) mass is 241 g/mol. The van der Waals surface area contributed by atoms with Gasteiger partial charge in [0.05, 0.1) is 10.4 Å². The summed E-state index contributed by atoms with van der Waals surface area (Å²) in [6.07, 6.45) is 2.17. The minimum absolute atomic E-state index is 0.118. The molecule has 4 nitrogen and oxygen atoms in total. The number of nitrogens with two attached hydrogens (primary N) is 1. The number of anilines is 1. The molecule has 0 fully saturated rings. The smallest absolute Gasteiger partial charge is 0.232 e. The summed E-state index contributed by atoms with van der Waals surface area (Å²) in [6, 6.07) is 3.34. The number of carbonyl (C=O) groups excluding carboxylic acids is 1. The van der Waals surface area contributed by atoms with Gasteiger partial charge in [0.2, 0.25) is 5.91 Å². The van der Waals surface area contributed by atoms with E-state index in [4.69, 9.17) is 17.3 Å². The number of nitrogens with zero attached hydrogens (tertiary/aromatic N) is 1. The Kier molecular flexibility index (Phi) is 4.26. The lowest BCUT2D eigenvalue weighted by atomic mass is 9.87. The highest BCUT2D eigenvalue weighted by atomic mass is 35.5. The van der Waals surface area contributed by atoms with Gasteiger partial charge in [-0.3, -0.25) is 4.79 Å². The molecular formula is C11H16ClN3O. The molecule has 16 heavy (non-hydrogen) atoms. The molecule has 0 saturated heterocycles. The summed E-state index contributed by atoms with van der Waals surface area (Å²) in [5.41, 5.74) is 5.04. The molecule has 0 aliphatic heterocycles. The first-order valence-electron chi connectivity index (χ1n) is 5.15. The Labute approximate surface area is 100 Å². The zero-order valence-corrected chi connectivity index (χ0v) is 10.2. The van der Waals surface area contributed by atoms with Crippen molar-refractivity contribution in [2.45, 2.75) is 20.3 Å². The van der Waals surface area contributed by atoms with Crippen molar-refractivity contribution in [3.05, 3.63) is 23.4 Å². The quantitative estimate of drug-likeness (QED) is 0.848. The Balaban J connectivity index is 2.74. The summed E-state index contributed by atoms with van der Waals surface area (Å²) in [5.74, 6) is 0.370. The number of rotatable bonds is 4. The first kappa shape index (κ1) is 12.9. The molecule has 0 radical (unpaired) electrons. The first-order chi connectivity index (χ1) is 7.51. The van der Waals surface area contributed by atoms with Gasteiger partial charge in [0.15, 0.2) is 0 Å². The number of amides is 1. The lowest BCUT2D eigenvalue weighted by molar-refractivity contribution is -0.124. The Hall–Kier alpha value is -1.13. The Bertz CT molecular complexity index is 360. The number of aromatic nitrogens is 1. The normalized spacial score (nSPS) is 14.2. The van der Waals surface area contributed by atoms with Crippen LogP contribution in [0.4, 0.5) is 5.82 Å². The fourth-order valence-corrected chi connectivity index (χ4v) is 1.23. The van der Waals surface area contributed by atoms with Gasteiger partial charge in [0.25, 0.3) is 0 Å². The molecule has 0 aliphatic carbocycles. The predicted molar refractivity (Wildman–Crippen MR) is 65.3 cm³/mol. The first-order valence-corrected chi connectivity index (χ1v) is 5.52. The fourth-order valence-electron chi connectivity index (χ4n) is 1.11. The molecule has 1 rings (SSSR count). The molecule has 0 saturated carbocycles. The highest BCUT2D eigenvalue weighted by Gasteiger charge is 2.29. The molecule has 1 atom stereocenters. The number of nitrogens with one attached hydrogen (secondary N) is 1. The van der Waals surface area contributed by atoms with E-state index in [-0.39, 0.29) is 5.91 Å². The van der Waals surface area contributed by atoms with E-state index in [1.165, 1.54) is 6.20 Å². The molecule has 0 aromatic carbocycles. The van der Waals surface area contributed by atoms with Crippen LogP contribution in [0.5, 0.6) is 0 Å². The molecule has 0 bridgehead atoms. The minimum atomic E-state index is -0.554. The summed E-state index contributed by atoms with van der Waals surface area (Å²) < 4.78 is 0. The van der Waals surface area contributed by atoms with Crippen LogP contribution >= 0.6 is 11.6 Å². The molecule has 1 aromatic rings. The van der Waals surface area contributed by atoms with Crippen molar-refractivity contribution in [2.24, 2.45) is 11.1 Å². The third-order valence-electron chi connectivity index (χ3n) is 2.75. The average molecular weight is 242 g/mol. The molecule has 88 valence electrons. The Morgan fingerprint density at radius 3 is 2.75 bits per heavy atom. The second kappa shape index (κ2) is 5.27. The summed E-state index contributed by atoms with van der Waals surface area (Å²) in [4.78, 5) is 15.9. The molecule has 3 N–H and O–H groups in total. The van der Waals surface area contributed by atoms with Gasteiger partial charge in [-0.15, -0.1) is 0 Å². The Morgan fingerprint density at radius 1 is 1.62 bits per heavy atom. The molecule has 1 amide bonds. The highest BCUT2D eigenvalue weighted by Crippen LogP contribution is 2.21. The van der Waals surface area contributed by atoms with Crippen molar-refractivity contribution >= 4 is 23.3 Å². The molecule has 1 heterocycles. The SMILES string of the molecule is CCC(C)(CN)C(=O)Nc1ccc(Cl)cn1. The average Bonchev–Trinajstić information content (AvgIpc) is 2.31. The van der Waals surface area contributed by atoms with Crippen LogP contribution in [0.1, 0.15) is 20.3 Å². The lowest BCUT2D eigenvalue weighted by Gasteiger charge is -2.24. The van der Waals surface area contributed by atoms with Crippen LogP contribution in [-0.4, -0.2) is 17.4 Å². The summed E-state index contributed by atoms with van der Waals surface area (Å²) in [5, 5.41) is 3.26. The van der Waals surface area contributed by atoms with E-state index in [2.05, 4.69) is 10.3 Å². The third kappa shape index (κ3) is 2.93.